The van der Waals surface area contributed by atoms with Crippen molar-refractivity contribution in [1.29, 1.82) is 0 Å². The highest BCUT2D eigenvalue weighted by Gasteiger charge is 2.28. The molecule has 4 nitrogen and oxygen atoms in total. The molecule has 134 valence electrons. The standard InChI is InChI=1S/C21H20ClNO3/c1-12-4-6-15(7-5-12)9-23-10-17-19-16(8-18(22)20(17)25-11-23)13(2)14(3)21(24)26-19/h4-8H,9-11H2,1-3H3/p+1. The fourth-order valence-electron chi connectivity index (χ4n) is 3.49. The van der Waals surface area contributed by atoms with E-state index in [2.05, 4.69) is 31.2 Å². The molecule has 2 heterocycles. The van der Waals surface area contributed by atoms with Crippen LogP contribution in [0, 0.1) is 20.8 Å². The van der Waals surface area contributed by atoms with Crippen molar-refractivity contribution in [2.45, 2.75) is 33.9 Å². The van der Waals surface area contributed by atoms with E-state index < -0.39 is 0 Å². The number of nitrogens with one attached hydrogen (secondary N) is 1. The molecular formula is C21H21ClNO3+. The van der Waals surface area contributed by atoms with Crippen molar-refractivity contribution < 1.29 is 14.1 Å². The number of halogens is 1. The Kier molecular flexibility index (Phi) is 4.25. The molecule has 0 amide bonds. The van der Waals surface area contributed by atoms with Crippen LogP contribution >= 0.6 is 11.6 Å². The second kappa shape index (κ2) is 6.45. The highest BCUT2D eigenvalue weighted by Crippen LogP contribution is 2.37. The first-order valence-corrected chi connectivity index (χ1v) is 9.09. The minimum atomic E-state index is -0.301. The van der Waals surface area contributed by atoms with Gasteiger partial charge in [0.1, 0.15) is 13.1 Å². The predicted octanol–water partition coefficient (Wildman–Crippen LogP) is 3.31. The summed E-state index contributed by atoms with van der Waals surface area (Å²) in [6, 6.07) is 10.4. The third-order valence-corrected chi connectivity index (χ3v) is 5.45. The van der Waals surface area contributed by atoms with Crippen molar-refractivity contribution in [3.05, 3.63) is 73.6 Å². The summed E-state index contributed by atoms with van der Waals surface area (Å²) in [5, 5.41) is 1.45. The van der Waals surface area contributed by atoms with E-state index in [1.807, 2.05) is 13.0 Å². The third-order valence-electron chi connectivity index (χ3n) is 5.17. The van der Waals surface area contributed by atoms with Crippen molar-refractivity contribution in [3.8, 4) is 5.75 Å². The molecule has 1 aliphatic rings. The first kappa shape index (κ1) is 17.1. The normalized spacial score (nSPS) is 16.4. The Balaban J connectivity index is 1.76. The monoisotopic (exact) mass is 370 g/mol. The van der Waals surface area contributed by atoms with E-state index in [9.17, 15) is 4.79 Å². The predicted molar refractivity (Wildman–Crippen MR) is 102 cm³/mol. The van der Waals surface area contributed by atoms with Crippen molar-refractivity contribution >= 4 is 22.6 Å². The quantitative estimate of drug-likeness (QED) is 0.704. The van der Waals surface area contributed by atoms with E-state index in [1.54, 1.807) is 6.92 Å². The maximum absolute atomic E-state index is 12.2. The lowest BCUT2D eigenvalue weighted by Gasteiger charge is -2.27. The Morgan fingerprint density at radius 3 is 2.58 bits per heavy atom. The largest absolute Gasteiger partial charge is 0.443 e. The number of fused-ring (bicyclic) bond motifs is 3. The summed E-state index contributed by atoms with van der Waals surface area (Å²) < 4.78 is 11.6. The highest BCUT2D eigenvalue weighted by molar-refractivity contribution is 6.33. The summed E-state index contributed by atoms with van der Waals surface area (Å²) in [6.45, 7) is 7.85. The van der Waals surface area contributed by atoms with Gasteiger partial charge in [0.25, 0.3) is 0 Å². The first-order valence-electron chi connectivity index (χ1n) is 8.71. The number of aryl methyl sites for hydroxylation is 2. The lowest BCUT2D eigenvalue weighted by atomic mass is 10.0. The van der Waals surface area contributed by atoms with Crippen LogP contribution in [-0.4, -0.2) is 6.73 Å². The van der Waals surface area contributed by atoms with Gasteiger partial charge in [-0.3, -0.25) is 4.90 Å². The van der Waals surface area contributed by atoms with E-state index in [1.165, 1.54) is 16.0 Å². The summed E-state index contributed by atoms with van der Waals surface area (Å²) in [7, 11) is 0. The van der Waals surface area contributed by atoms with Crippen LogP contribution in [-0.2, 0) is 13.1 Å². The SMILES string of the molecule is Cc1ccc(C[NH+]2COc3c(Cl)cc4c(C)c(C)c(=O)oc4c3C2)cc1. The second-order valence-electron chi connectivity index (χ2n) is 7.06. The van der Waals surface area contributed by atoms with Gasteiger partial charge in [0, 0.05) is 16.5 Å². The Morgan fingerprint density at radius 1 is 1.12 bits per heavy atom. The average Bonchev–Trinajstić information content (AvgIpc) is 2.63. The molecule has 0 radical (unpaired) electrons. The Labute approximate surface area is 156 Å². The Morgan fingerprint density at radius 2 is 1.85 bits per heavy atom. The van der Waals surface area contributed by atoms with Crippen molar-refractivity contribution in [1.82, 2.24) is 0 Å². The summed E-state index contributed by atoms with van der Waals surface area (Å²) in [5.74, 6) is 0.637. The molecule has 1 aliphatic heterocycles. The number of hydrogen-bond acceptors (Lipinski definition) is 3. The van der Waals surface area contributed by atoms with Gasteiger partial charge in [0.15, 0.2) is 11.3 Å². The van der Waals surface area contributed by atoms with Crippen LogP contribution in [0.1, 0.15) is 27.8 Å². The highest BCUT2D eigenvalue weighted by atomic mass is 35.5. The molecule has 1 N–H and O–H groups in total. The van der Waals surface area contributed by atoms with Gasteiger partial charge in [-0.2, -0.15) is 0 Å². The molecule has 0 bridgehead atoms. The Bertz CT molecular complexity index is 1050. The lowest BCUT2D eigenvalue weighted by Crippen LogP contribution is -3.10. The van der Waals surface area contributed by atoms with E-state index in [4.69, 9.17) is 20.8 Å². The second-order valence-corrected chi connectivity index (χ2v) is 7.47. The molecular weight excluding hydrogens is 350 g/mol. The van der Waals surface area contributed by atoms with Crippen LogP contribution < -0.4 is 15.3 Å². The molecule has 5 heteroatoms. The zero-order valence-corrected chi connectivity index (χ0v) is 15.9. The third kappa shape index (κ3) is 2.89. The topological polar surface area (TPSA) is 43.9 Å². The molecule has 1 atom stereocenters. The summed E-state index contributed by atoms with van der Waals surface area (Å²) in [4.78, 5) is 13.4. The molecule has 1 aromatic heterocycles. The maximum Gasteiger partial charge on any atom is 0.339 e. The minimum Gasteiger partial charge on any atom is -0.443 e. The van der Waals surface area contributed by atoms with Gasteiger partial charge in [-0.15, -0.1) is 0 Å². The summed E-state index contributed by atoms with van der Waals surface area (Å²) >= 11 is 6.46. The summed E-state index contributed by atoms with van der Waals surface area (Å²) in [6.07, 6.45) is 0. The van der Waals surface area contributed by atoms with Gasteiger partial charge in [0.2, 0.25) is 6.73 Å². The van der Waals surface area contributed by atoms with E-state index in [0.717, 1.165) is 23.1 Å². The Hall–Kier alpha value is -2.30. The van der Waals surface area contributed by atoms with Gasteiger partial charge >= 0.3 is 5.63 Å². The van der Waals surface area contributed by atoms with Crippen molar-refractivity contribution in [2.75, 3.05) is 6.73 Å². The van der Waals surface area contributed by atoms with Crippen LogP contribution in [0.3, 0.4) is 0 Å². The van der Waals surface area contributed by atoms with Gasteiger partial charge in [-0.25, -0.2) is 4.79 Å². The van der Waals surface area contributed by atoms with Crippen LogP contribution in [0.25, 0.3) is 11.0 Å². The molecule has 0 saturated carbocycles. The van der Waals surface area contributed by atoms with Crippen LogP contribution in [0.4, 0.5) is 0 Å². The average molecular weight is 371 g/mol. The summed E-state index contributed by atoms with van der Waals surface area (Å²) in [5.41, 5.74) is 5.19. The zero-order chi connectivity index (χ0) is 18.4. The molecule has 4 rings (SSSR count). The lowest BCUT2D eigenvalue weighted by molar-refractivity contribution is -0.945. The zero-order valence-electron chi connectivity index (χ0n) is 15.1. The molecule has 0 spiro atoms. The van der Waals surface area contributed by atoms with Gasteiger partial charge in [0.05, 0.1) is 10.6 Å². The number of quaternary nitrogens is 1. The van der Waals surface area contributed by atoms with E-state index >= 15 is 0 Å². The van der Waals surface area contributed by atoms with Gasteiger partial charge in [-0.05, 0) is 32.4 Å². The molecule has 2 aromatic carbocycles. The van der Waals surface area contributed by atoms with E-state index in [0.29, 0.717) is 35.2 Å². The van der Waals surface area contributed by atoms with Crippen molar-refractivity contribution in [2.24, 2.45) is 0 Å². The van der Waals surface area contributed by atoms with Gasteiger partial charge < -0.3 is 9.15 Å². The fraction of sp³-hybridized carbons (Fsp3) is 0.286. The molecule has 1 unspecified atom stereocenters. The van der Waals surface area contributed by atoms with Crippen LogP contribution in [0.5, 0.6) is 5.75 Å². The molecule has 0 aliphatic carbocycles. The maximum atomic E-state index is 12.2. The van der Waals surface area contributed by atoms with Crippen molar-refractivity contribution in [3.63, 3.8) is 0 Å². The van der Waals surface area contributed by atoms with Crippen LogP contribution in [0.2, 0.25) is 5.02 Å². The molecule has 26 heavy (non-hydrogen) atoms. The molecule has 0 fully saturated rings. The molecule has 3 aromatic rings. The number of ether oxygens (including phenoxy) is 1. The first-order chi connectivity index (χ1) is 12.4. The van der Waals surface area contributed by atoms with Gasteiger partial charge in [-0.1, -0.05) is 41.4 Å². The smallest absolute Gasteiger partial charge is 0.339 e. The minimum absolute atomic E-state index is 0.301. The number of hydrogen-bond donors (Lipinski definition) is 1. The fourth-order valence-corrected chi connectivity index (χ4v) is 3.76. The number of rotatable bonds is 2. The molecule has 0 saturated heterocycles. The number of benzene rings is 2. The van der Waals surface area contributed by atoms with E-state index in [-0.39, 0.29) is 5.63 Å². The van der Waals surface area contributed by atoms with Crippen LogP contribution in [0.15, 0.2) is 39.5 Å².